The maximum Gasteiger partial charge on any atom is 0.259 e. The first-order valence-corrected chi connectivity index (χ1v) is 8.59. The van der Waals surface area contributed by atoms with Crippen molar-refractivity contribution in [3.8, 4) is 0 Å². The molecule has 0 aliphatic carbocycles. The summed E-state index contributed by atoms with van der Waals surface area (Å²) < 4.78 is 0. The molecule has 0 saturated heterocycles. The quantitative estimate of drug-likeness (QED) is 0.573. The molecular formula is C20H26N4O. The average molecular weight is 338 g/mol. The summed E-state index contributed by atoms with van der Waals surface area (Å²) in [7, 11) is 0. The minimum Gasteiger partial charge on any atom is -0.376 e. The molecule has 2 aromatic rings. The lowest BCUT2D eigenvalue weighted by Crippen LogP contribution is -2.25. The number of hydrazone groups is 1. The van der Waals surface area contributed by atoms with E-state index in [0.717, 1.165) is 24.3 Å². The largest absolute Gasteiger partial charge is 0.376 e. The number of hydrogen-bond acceptors (Lipinski definition) is 4. The van der Waals surface area contributed by atoms with Crippen LogP contribution in [0.5, 0.6) is 0 Å². The number of carbonyl (C=O) groups is 1. The van der Waals surface area contributed by atoms with Gasteiger partial charge in [0.1, 0.15) is 0 Å². The van der Waals surface area contributed by atoms with Gasteiger partial charge in [-0.25, -0.2) is 5.43 Å². The van der Waals surface area contributed by atoms with E-state index in [2.05, 4.69) is 46.7 Å². The van der Waals surface area contributed by atoms with E-state index in [1.807, 2.05) is 43.3 Å². The SMILES string of the molecule is CCN(CC)c1ccc(C=NNC(=O)CNc2ccc(C)cc2)cc1. The van der Waals surface area contributed by atoms with E-state index in [4.69, 9.17) is 0 Å². The molecule has 0 aromatic heterocycles. The number of anilines is 2. The van der Waals surface area contributed by atoms with Crippen molar-refractivity contribution in [2.45, 2.75) is 20.8 Å². The van der Waals surface area contributed by atoms with Crippen LogP contribution in [0.1, 0.15) is 25.0 Å². The monoisotopic (exact) mass is 338 g/mol. The molecule has 0 unspecified atom stereocenters. The van der Waals surface area contributed by atoms with Gasteiger partial charge in [-0.2, -0.15) is 5.10 Å². The second-order valence-electron chi connectivity index (χ2n) is 5.78. The highest BCUT2D eigenvalue weighted by Crippen LogP contribution is 2.14. The highest BCUT2D eigenvalue weighted by Gasteiger charge is 2.01. The van der Waals surface area contributed by atoms with E-state index in [1.165, 1.54) is 11.3 Å². The molecule has 0 aliphatic rings. The second-order valence-corrected chi connectivity index (χ2v) is 5.78. The summed E-state index contributed by atoms with van der Waals surface area (Å²) in [5.74, 6) is -0.184. The van der Waals surface area contributed by atoms with Crippen LogP contribution >= 0.6 is 0 Å². The predicted molar refractivity (Wildman–Crippen MR) is 105 cm³/mol. The molecule has 2 aromatic carbocycles. The molecule has 0 radical (unpaired) electrons. The van der Waals surface area contributed by atoms with Crippen LogP contribution in [-0.2, 0) is 4.79 Å². The number of carbonyl (C=O) groups excluding carboxylic acids is 1. The third-order valence-corrected chi connectivity index (χ3v) is 3.93. The number of amides is 1. The van der Waals surface area contributed by atoms with Crippen molar-refractivity contribution in [1.82, 2.24) is 5.43 Å². The minimum atomic E-state index is -0.184. The Hall–Kier alpha value is -2.82. The summed E-state index contributed by atoms with van der Waals surface area (Å²) in [6, 6.07) is 16.0. The fraction of sp³-hybridized carbons (Fsp3) is 0.300. The number of nitrogens with one attached hydrogen (secondary N) is 2. The van der Waals surface area contributed by atoms with E-state index in [9.17, 15) is 4.79 Å². The third-order valence-electron chi connectivity index (χ3n) is 3.93. The van der Waals surface area contributed by atoms with Gasteiger partial charge in [-0.1, -0.05) is 29.8 Å². The van der Waals surface area contributed by atoms with E-state index < -0.39 is 0 Å². The summed E-state index contributed by atoms with van der Waals surface area (Å²) in [4.78, 5) is 14.1. The Labute approximate surface area is 149 Å². The third kappa shape index (κ3) is 5.95. The molecule has 25 heavy (non-hydrogen) atoms. The van der Waals surface area contributed by atoms with Crippen molar-refractivity contribution in [2.24, 2.45) is 5.10 Å². The maximum atomic E-state index is 11.8. The van der Waals surface area contributed by atoms with Crippen molar-refractivity contribution >= 4 is 23.5 Å². The molecule has 5 nitrogen and oxygen atoms in total. The van der Waals surface area contributed by atoms with Crippen LogP contribution in [0.25, 0.3) is 0 Å². The molecular weight excluding hydrogens is 312 g/mol. The Morgan fingerprint density at radius 3 is 2.28 bits per heavy atom. The number of rotatable bonds is 8. The van der Waals surface area contributed by atoms with Crippen LogP contribution in [0.4, 0.5) is 11.4 Å². The zero-order chi connectivity index (χ0) is 18.1. The number of hydrogen-bond donors (Lipinski definition) is 2. The molecule has 2 rings (SSSR count). The topological polar surface area (TPSA) is 56.7 Å². The van der Waals surface area contributed by atoms with Crippen LogP contribution in [0.2, 0.25) is 0 Å². The molecule has 0 saturated carbocycles. The van der Waals surface area contributed by atoms with E-state index >= 15 is 0 Å². The van der Waals surface area contributed by atoms with Crippen LogP contribution in [0.15, 0.2) is 53.6 Å². The Morgan fingerprint density at radius 2 is 1.68 bits per heavy atom. The van der Waals surface area contributed by atoms with Gasteiger partial charge in [0.25, 0.3) is 5.91 Å². The first-order valence-electron chi connectivity index (χ1n) is 8.59. The molecule has 0 bridgehead atoms. The second kappa shape index (κ2) is 9.47. The smallest absolute Gasteiger partial charge is 0.259 e. The number of benzene rings is 2. The normalized spacial score (nSPS) is 10.7. The highest BCUT2D eigenvalue weighted by atomic mass is 16.2. The van der Waals surface area contributed by atoms with Gasteiger partial charge in [-0.15, -0.1) is 0 Å². The van der Waals surface area contributed by atoms with Crippen molar-refractivity contribution in [3.63, 3.8) is 0 Å². The Balaban J connectivity index is 1.79. The Morgan fingerprint density at radius 1 is 1.04 bits per heavy atom. The van der Waals surface area contributed by atoms with E-state index in [1.54, 1.807) is 6.21 Å². The molecule has 132 valence electrons. The van der Waals surface area contributed by atoms with Gasteiger partial charge in [0.15, 0.2) is 0 Å². The van der Waals surface area contributed by atoms with E-state index in [0.29, 0.717) is 0 Å². The van der Waals surface area contributed by atoms with Crippen LogP contribution < -0.4 is 15.6 Å². The van der Waals surface area contributed by atoms with Crippen molar-refractivity contribution in [3.05, 3.63) is 59.7 Å². The Kier molecular flexibility index (Phi) is 7.01. The van der Waals surface area contributed by atoms with Gasteiger partial charge in [-0.3, -0.25) is 4.79 Å². The standard InChI is InChI=1S/C20H26N4O/c1-4-24(5-2)19-12-8-17(9-13-19)14-22-23-20(25)15-21-18-10-6-16(3)7-11-18/h6-14,21H,4-5,15H2,1-3H3,(H,23,25). The lowest BCUT2D eigenvalue weighted by atomic mass is 10.2. The van der Waals surface area contributed by atoms with Crippen LogP contribution in [0.3, 0.4) is 0 Å². The average Bonchev–Trinajstić information content (AvgIpc) is 2.63. The summed E-state index contributed by atoms with van der Waals surface area (Å²) in [5, 5.41) is 7.07. The molecule has 0 heterocycles. The van der Waals surface area contributed by atoms with Gasteiger partial charge in [0, 0.05) is 24.5 Å². The van der Waals surface area contributed by atoms with Gasteiger partial charge in [0.05, 0.1) is 12.8 Å². The first kappa shape index (κ1) is 18.5. The van der Waals surface area contributed by atoms with Gasteiger partial charge in [0.2, 0.25) is 0 Å². The molecule has 2 N–H and O–H groups in total. The summed E-state index contributed by atoms with van der Waals surface area (Å²) in [6.45, 7) is 8.45. The maximum absolute atomic E-state index is 11.8. The van der Waals surface area contributed by atoms with Crippen molar-refractivity contribution in [1.29, 1.82) is 0 Å². The zero-order valence-corrected chi connectivity index (χ0v) is 15.1. The molecule has 0 spiro atoms. The van der Waals surface area contributed by atoms with Crippen LogP contribution in [0, 0.1) is 6.92 Å². The molecule has 0 atom stereocenters. The fourth-order valence-corrected chi connectivity index (χ4v) is 2.43. The highest BCUT2D eigenvalue weighted by molar-refractivity contribution is 5.84. The van der Waals surface area contributed by atoms with Crippen molar-refractivity contribution in [2.75, 3.05) is 29.9 Å². The lowest BCUT2D eigenvalue weighted by Gasteiger charge is -2.20. The van der Waals surface area contributed by atoms with Gasteiger partial charge >= 0.3 is 0 Å². The number of aryl methyl sites for hydroxylation is 1. The predicted octanol–water partition coefficient (Wildman–Crippen LogP) is 3.40. The molecule has 0 fully saturated rings. The van der Waals surface area contributed by atoms with E-state index in [-0.39, 0.29) is 12.5 Å². The lowest BCUT2D eigenvalue weighted by molar-refractivity contribution is -0.119. The fourth-order valence-electron chi connectivity index (χ4n) is 2.43. The molecule has 0 aliphatic heterocycles. The Bertz CT molecular complexity index is 689. The van der Waals surface area contributed by atoms with Gasteiger partial charge in [-0.05, 0) is 50.6 Å². The number of nitrogens with zero attached hydrogens (tertiary/aromatic N) is 2. The van der Waals surface area contributed by atoms with Crippen LogP contribution in [-0.4, -0.2) is 31.8 Å². The summed E-state index contributed by atoms with van der Waals surface area (Å²) in [6.07, 6.45) is 1.65. The van der Waals surface area contributed by atoms with Gasteiger partial charge < -0.3 is 10.2 Å². The molecule has 1 amide bonds. The molecule has 5 heteroatoms. The summed E-state index contributed by atoms with van der Waals surface area (Å²) in [5.41, 5.74) is 6.77. The summed E-state index contributed by atoms with van der Waals surface area (Å²) >= 11 is 0. The first-order chi connectivity index (χ1) is 12.1. The minimum absolute atomic E-state index is 0.182. The zero-order valence-electron chi connectivity index (χ0n) is 15.1. The van der Waals surface area contributed by atoms with Crippen molar-refractivity contribution < 1.29 is 4.79 Å².